The highest BCUT2D eigenvalue weighted by Gasteiger charge is 2.06. The first kappa shape index (κ1) is 8.49. The number of rotatable bonds is 1. The van der Waals surface area contributed by atoms with Crippen molar-refractivity contribution in [1.29, 1.82) is 0 Å². The maximum Gasteiger partial charge on any atom is 0.171 e. The molecule has 0 amide bonds. The van der Waals surface area contributed by atoms with Crippen molar-refractivity contribution in [2.75, 3.05) is 0 Å². The molecular formula is C6H4ClFO2S. The van der Waals surface area contributed by atoms with Gasteiger partial charge in [0.2, 0.25) is 0 Å². The quantitative estimate of drug-likeness (QED) is 0.687. The summed E-state index contributed by atoms with van der Waals surface area (Å²) in [6.45, 7) is 0. The number of thiol groups is 1. The summed E-state index contributed by atoms with van der Waals surface area (Å²) >= 11 is 5.32. The molecule has 0 spiro atoms. The van der Waals surface area contributed by atoms with E-state index in [0.29, 0.717) is 0 Å². The molecule has 2 nitrogen and oxygen atoms in total. The first-order chi connectivity index (χ1) is 5.13. The highest BCUT2D eigenvalue weighted by atomic mass is 35.5. The zero-order valence-corrected chi connectivity index (χ0v) is 6.90. The molecule has 5 heteroatoms. The second-order valence-electron chi connectivity index (χ2n) is 1.83. The maximum atomic E-state index is 12.7. The van der Waals surface area contributed by atoms with E-state index in [1.165, 1.54) is 12.1 Å². The Bertz CT molecular complexity index is 340. The summed E-state index contributed by atoms with van der Waals surface area (Å²) in [5.74, 6) is -0.884. The fourth-order valence-electron chi connectivity index (χ4n) is 0.633. The lowest BCUT2D eigenvalue weighted by molar-refractivity contribution is 0.579. The zero-order valence-electron chi connectivity index (χ0n) is 5.25. The SMILES string of the molecule is O=[SH](=O)c1cccc(Cl)c1F. The van der Waals surface area contributed by atoms with Crippen LogP contribution < -0.4 is 0 Å². The van der Waals surface area contributed by atoms with E-state index in [0.717, 1.165) is 6.07 Å². The van der Waals surface area contributed by atoms with Gasteiger partial charge in [-0.2, -0.15) is 0 Å². The van der Waals surface area contributed by atoms with Crippen LogP contribution in [0.2, 0.25) is 5.02 Å². The number of halogens is 2. The van der Waals surface area contributed by atoms with E-state index >= 15 is 0 Å². The summed E-state index contributed by atoms with van der Waals surface area (Å²) < 4.78 is 33.4. The molecular weight excluding hydrogens is 191 g/mol. The Morgan fingerprint density at radius 1 is 1.36 bits per heavy atom. The van der Waals surface area contributed by atoms with E-state index in [-0.39, 0.29) is 9.92 Å². The van der Waals surface area contributed by atoms with Gasteiger partial charge in [-0.25, -0.2) is 12.8 Å². The summed E-state index contributed by atoms with van der Waals surface area (Å²) in [6.07, 6.45) is 0. The molecule has 1 rings (SSSR count). The first-order valence-electron chi connectivity index (χ1n) is 2.71. The van der Waals surface area contributed by atoms with Gasteiger partial charge in [0, 0.05) is 0 Å². The van der Waals surface area contributed by atoms with Crippen LogP contribution >= 0.6 is 11.6 Å². The third-order valence-corrected chi connectivity index (χ3v) is 2.16. The van der Waals surface area contributed by atoms with Gasteiger partial charge in [0.15, 0.2) is 16.5 Å². The molecule has 0 saturated heterocycles. The molecule has 0 unspecified atom stereocenters. The maximum absolute atomic E-state index is 12.7. The van der Waals surface area contributed by atoms with Gasteiger partial charge in [0.25, 0.3) is 0 Å². The number of hydrogen-bond donors (Lipinski definition) is 1. The summed E-state index contributed by atoms with van der Waals surface area (Å²) in [5, 5.41) is -0.179. The fourth-order valence-corrected chi connectivity index (χ4v) is 1.36. The molecule has 0 bridgehead atoms. The van der Waals surface area contributed by atoms with E-state index in [1.807, 2.05) is 0 Å². The predicted molar refractivity (Wildman–Crippen MR) is 40.0 cm³/mol. The molecule has 0 saturated carbocycles. The van der Waals surface area contributed by atoms with Gasteiger partial charge in [0.1, 0.15) is 4.90 Å². The van der Waals surface area contributed by atoms with Crippen LogP contribution in [0.4, 0.5) is 4.39 Å². The summed E-state index contributed by atoms with van der Waals surface area (Å²) in [6, 6.07) is 3.83. The van der Waals surface area contributed by atoms with E-state index in [2.05, 4.69) is 0 Å². The van der Waals surface area contributed by atoms with Crippen LogP contribution in [0, 0.1) is 5.82 Å². The smallest absolute Gasteiger partial charge is 0.171 e. The van der Waals surface area contributed by atoms with E-state index in [1.54, 1.807) is 0 Å². The van der Waals surface area contributed by atoms with E-state index < -0.39 is 16.5 Å². The highest BCUT2D eigenvalue weighted by Crippen LogP contribution is 2.18. The minimum Gasteiger partial charge on any atom is -0.227 e. The molecule has 1 aromatic rings. The Labute approximate surface area is 69.6 Å². The molecule has 0 N–H and O–H groups in total. The molecule has 0 heterocycles. The lowest BCUT2D eigenvalue weighted by atomic mass is 10.3. The molecule has 0 aromatic heterocycles. The first-order valence-corrected chi connectivity index (χ1v) is 4.27. The van der Waals surface area contributed by atoms with E-state index in [4.69, 9.17) is 11.6 Å². The average molecular weight is 195 g/mol. The van der Waals surface area contributed by atoms with Crippen molar-refractivity contribution < 1.29 is 12.8 Å². The topological polar surface area (TPSA) is 34.1 Å². The molecule has 0 atom stereocenters. The summed E-state index contributed by atoms with van der Waals surface area (Å²) in [5.41, 5.74) is 0. The predicted octanol–water partition coefficient (Wildman–Crippen LogP) is 1.45. The number of hydrogen-bond acceptors (Lipinski definition) is 2. The standard InChI is InChI=1S/C6H4ClFO2S/c7-4-2-1-3-5(6(4)8)11(9)10/h1-3,11H. The largest absolute Gasteiger partial charge is 0.227 e. The molecule has 0 aliphatic heterocycles. The van der Waals surface area contributed by atoms with Crippen molar-refractivity contribution >= 4 is 22.3 Å². The Morgan fingerprint density at radius 3 is 2.45 bits per heavy atom. The third kappa shape index (κ3) is 1.70. The zero-order chi connectivity index (χ0) is 8.43. The molecule has 0 aliphatic rings. The van der Waals surface area contributed by atoms with Crippen LogP contribution in [0.5, 0.6) is 0 Å². The molecule has 0 fully saturated rings. The van der Waals surface area contributed by atoms with Crippen LogP contribution in [0.15, 0.2) is 23.1 Å². The van der Waals surface area contributed by atoms with Gasteiger partial charge in [0.05, 0.1) is 5.02 Å². The molecule has 1 aromatic carbocycles. The van der Waals surface area contributed by atoms with Crippen molar-refractivity contribution in [3.8, 4) is 0 Å². The van der Waals surface area contributed by atoms with Gasteiger partial charge in [-0.05, 0) is 12.1 Å². The lowest BCUT2D eigenvalue weighted by Crippen LogP contribution is -1.86. The van der Waals surface area contributed by atoms with Crippen LogP contribution in [0.3, 0.4) is 0 Å². The fraction of sp³-hybridized carbons (Fsp3) is 0. The van der Waals surface area contributed by atoms with Crippen molar-refractivity contribution in [1.82, 2.24) is 0 Å². The molecule has 0 radical (unpaired) electrons. The van der Waals surface area contributed by atoms with Crippen LogP contribution in [0.1, 0.15) is 0 Å². The normalized spacial score (nSPS) is 10.5. The van der Waals surface area contributed by atoms with Crippen LogP contribution in [0.25, 0.3) is 0 Å². The monoisotopic (exact) mass is 194 g/mol. The Balaban J connectivity index is 3.39. The third-order valence-electron chi connectivity index (χ3n) is 1.13. The average Bonchev–Trinajstić information content (AvgIpc) is 1.94. The second-order valence-corrected chi connectivity index (χ2v) is 3.23. The summed E-state index contributed by atoms with van der Waals surface area (Å²) in [4.78, 5) is -0.368. The van der Waals surface area contributed by atoms with Crippen molar-refractivity contribution in [3.63, 3.8) is 0 Å². The Hall–Kier alpha value is -0.610. The van der Waals surface area contributed by atoms with Gasteiger partial charge in [-0.3, -0.25) is 0 Å². The minimum absolute atomic E-state index is 0.179. The Kier molecular flexibility index (Phi) is 2.46. The van der Waals surface area contributed by atoms with E-state index in [9.17, 15) is 12.8 Å². The van der Waals surface area contributed by atoms with Gasteiger partial charge in [-0.1, -0.05) is 17.7 Å². The molecule has 60 valence electrons. The Morgan fingerprint density at radius 2 is 2.00 bits per heavy atom. The minimum atomic E-state index is -2.89. The van der Waals surface area contributed by atoms with Crippen LogP contribution in [-0.2, 0) is 10.7 Å². The number of benzene rings is 1. The summed E-state index contributed by atoms with van der Waals surface area (Å²) in [7, 11) is -2.89. The molecule has 11 heavy (non-hydrogen) atoms. The lowest BCUT2D eigenvalue weighted by Gasteiger charge is -1.94. The van der Waals surface area contributed by atoms with Crippen molar-refractivity contribution in [2.24, 2.45) is 0 Å². The van der Waals surface area contributed by atoms with Gasteiger partial charge < -0.3 is 0 Å². The van der Waals surface area contributed by atoms with Gasteiger partial charge >= 0.3 is 0 Å². The van der Waals surface area contributed by atoms with Gasteiger partial charge in [-0.15, -0.1) is 0 Å². The molecule has 0 aliphatic carbocycles. The van der Waals surface area contributed by atoms with Crippen LogP contribution in [-0.4, -0.2) is 8.42 Å². The van der Waals surface area contributed by atoms with Crippen molar-refractivity contribution in [2.45, 2.75) is 4.90 Å². The van der Waals surface area contributed by atoms with Crippen molar-refractivity contribution in [3.05, 3.63) is 29.0 Å². The highest BCUT2D eigenvalue weighted by molar-refractivity contribution is 7.72. The second kappa shape index (κ2) is 3.19.